The highest BCUT2D eigenvalue weighted by atomic mass is 16.6. The molecule has 40 heavy (non-hydrogen) atoms. The highest BCUT2D eigenvalue weighted by Gasteiger charge is 2.61. The van der Waals surface area contributed by atoms with E-state index in [0.717, 1.165) is 6.08 Å². The van der Waals surface area contributed by atoms with Gasteiger partial charge in [0.05, 0.1) is 7.11 Å². The van der Waals surface area contributed by atoms with Crippen molar-refractivity contribution in [3.05, 3.63) is 48.3 Å². The fourth-order valence-corrected chi connectivity index (χ4v) is 4.39. The van der Waals surface area contributed by atoms with Crippen molar-refractivity contribution in [1.82, 2.24) is 19.5 Å². The number of benzene rings is 1. The number of hydrogen-bond acceptors (Lipinski definition) is 14. The van der Waals surface area contributed by atoms with Crippen LogP contribution in [0.4, 0.5) is 5.82 Å². The Morgan fingerprint density at radius 1 is 1.27 bits per heavy atom. The molecule has 2 aliphatic rings. The van der Waals surface area contributed by atoms with E-state index >= 15 is 0 Å². The van der Waals surface area contributed by atoms with Crippen LogP contribution in [0.3, 0.4) is 0 Å². The van der Waals surface area contributed by atoms with Gasteiger partial charge < -0.3 is 44.7 Å². The third-order valence-electron chi connectivity index (χ3n) is 6.31. The molecule has 0 unspecified atom stereocenters. The first-order chi connectivity index (χ1) is 19.1. The third-order valence-corrected chi connectivity index (χ3v) is 6.31. The number of methoxy groups -OCH3 is 1. The summed E-state index contributed by atoms with van der Waals surface area (Å²) in [4.78, 5) is 48.2. The third kappa shape index (κ3) is 4.42. The van der Waals surface area contributed by atoms with Crippen LogP contribution < -0.4 is 15.2 Å². The van der Waals surface area contributed by atoms with Crippen LogP contribution in [-0.4, -0.2) is 83.8 Å². The first-order valence-electron chi connectivity index (χ1n) is 11.7. The molecule has 16 nitrogen and oxygen atoms in total. The molecule has 3 aromatic rings. The summed E-state index contributed by atoms with van der Waals surface area (Å²) in [6, 6.07) is 4.34. The first kappa shape index (κ1) is 26.8. The number of nitrogens with zero attached hydrogens (tertiary/aromatic N) is 4. The zero-order chi connectivity index (χ0) is 28.8. The summed E-state index contributed by atoms with van der Waals surface area (Å²) in [6.07, 6.45) is -2.86. The number of hydrogen-bond donors (Lipinski definition) is 4. The lowest BCUT2D eigenvalue weighted by molar-refractivity contribution is -0.193. The Bertz CT molecular complexity index is 1540. The van der Waals surface area contributed by atoms with Gasteiger partial charge >= 0.3 is 17.9 Å². The summed E-state index contributed by atoms with van der Waals surface area (Å²) in [7, 11) is 1.35. The summed E-state index contributed by atoms with van der Waals surface area (Å²) in [6.45, 7) is 0.834. The molecule has 16 heteroatoms. The van der Waals surface area contributed by atoms with E-state index < -0.39 is 48.0 Å². The molecular formula is C24H23N5O11. The molecule has 4 heterocycles. The second-order valence-corrected chi connectivity index (χ2v) is 8.85. The summed E-state index contributed by atoms with van der Waals surface area (Å²) >= 11 is 0. The minimum atomic E-state index is -2.61. The van der Waals surface area contributed by atoms with E-state index in [0.29, 0.717) is 5.56 Å². The summed E-state index contributed by atoms with van der Waals surface area (Å²) in [5, 5.41) is 31.6. The van der Waals surface area contributed by atoms with Crippen molar-refractivity contribution >= 4 is 34.9 Å². The number of esters is 2. The smallest absolute Gasteiger partial charge is 0.343 e. The molecule has 0 spiro atoms. The molecule has 2 aliphatic heterocycles. The second-order valence-electron chi connectivity index (χ2n) is 8.85. The quantitative estimate of drug-likeness (QED) is 0.200. The molecule has 2 aromatic heterocycles. The maximum Gasteiger partial charge on any atom is 0.343 e. The topological polar surface area (TPSA) is 228 Å². The van der Waals surface area contributed by atoms with Crippen molar-refractivity contribution in [3.63, 3.8) is 0 Å². The number of rotatable bonds is 8. The van der Waals surface area contributed by atoms with E-state index in [1.807, 2.05) is 0 Å². The van der Waals surface area contributed by atoms with E-state index in [1.54, 1.807) is 0 Å². The Hall–Kier alpha value is -4.80. The second kappa shape index (κ2) is 10.1. The van der Waals surface area contributed by atoms with Crippen molar-refractivity contribution in [2.45, 2.75) is 43.7 Å². The molecule has 210 valence electrons. The molecule has 5 atom stereocenters. The highest BCUT2D eigenvalue weighted by molar-refractivity contribution is 5.91. The maximum atomic E-state index is 12.7. The van der Waals surface area contributed by atoms with Gasteiger partial charge in [0.25, 0.3) is 0 Å². The number of carboxylic acids is 1. The zero-order valence-electron chi connectivity index (χ0n) is 21.0. The molecule has 0 aliphatic carbocycles. The van der Waals surface area contributed by atoms with Crippen molar-refractivity contribution in [1.29, 1.82) is 0 Å². The lowest BCUT2D eigenvalue weighted by Gasteiger charge is -2.29. The van der Waals surface area contributed by atoms with Crippen molar-refractivity contribution < 1.29 is 53.4 Å². The van der Waals surface area contributed by atoms with E-state index in [1.165, 1.54) is 49.5 Å². The monoisotopic (exact) mass is 559 g/mol. The molecule has 1 aromatic carbocycles. The van der Waals surface area contributed by atoms with E-state index in [4.69, 9.17) is 29.4 Å². The minimum absolute atomic E-state index is 0.109. The highest BCUT2D eigenvalue weighted by Crippen LogP contribution is 2.44. The Balaban J connectivity index is 1.32. The number of carboxylic acid groups (broad SMARTS) is 1. The van der Waals surface area contributed by atoms with Gasteiger partial charge in [-0.15, -0.1) is 0 Å². The SMILES string of the molecule is COc1cc(COC(=O)[C@H](O)[C@]2(C(=O)O)C=C3O[C@@H](n4cnc5c(N)n[14cH]nc54)[C@H](O)[C@@H]3O2)ccc1OC(C)=O. The normalized spacial score (nSPS) is 24.1. The maximum absolute atomic E-state index is 12.7. The van der Waals surface area contributed by atoms with Gasteiger partial charge in [-0.1, -0.05) is 6.07 Å². The Labute approximate surface area is 224 Å². The number of fused-ring (bicyclic) bond motifs is 2. The summed E-state index contributed by atoms with van der Waals surface area (Å²) < 4.78 is 28.0. The Morgan fingerprint density at radius 2 is 2.05 bits per heavy atom. The number of aliphatic hydroxyl groups excluding tert-OH is 2. The van der Waals surface area contributed by atoms with E-state index in [2.05, 4.69) is 15.0 Å². The molecule has 1 saturated heterocycles. The van der Waals surface area contributed by atoms with Gasteiger partial charge in [-0.3, -0.25) is 9.36 Å². The number of carbonyl (C=O) groups excluding carboxylic acids is 2. The largest absolute Gasteiger partial charge is 0.493 e. The number of carbonyl (C=O) groups is 3. The van der Waals surface area contributed by atoms with Crippen LogP contribution in [0.15, 0.2) is 42.7 Å². The lowest BCUT2D eigenvalue weighted by atomic mass is 9.97. The number of nitrogen functional groups attached to an aromatic ring is 1. The molecule has 5 rings (SSSR count). The van der Waals surface area contributed by atoms with Gasteiger partial charge in [0.2, 0.25) is 11.8 Å². The number of aliphatic carboxylic acids is 1. The molecular weight excluding hydrogens is 536 g/mol. The Morgan fingerprint density at radius 3 is 2.73 bits per heavy atom. The average molecular weight is 559 g/mol. The van der Waals surface area contributed by atoms with Gasteiger partial charge in [-0.25, -0.2) is 24.5 Å². The van der Waals surface area contributed by atoms with Crippen molar-refractivity contribution in [2.75, 3.05) is 12.8 Å². The number of aliphatic hydroxyl groups is 2. The average Bonchev–Trinajstić information content (AvgIpc) is 3.60. The molecule has 1 fully saturated rings. The van der Waals surface area contributed by atoms with Crippen molar-refractivity contribution in [2.24, 2.45) is 0 Å². The predicted molar refractivity (Wildman–Crippen MR) is 129 cm³/mol. The number of nitrogens with two attached hydrogens (primary N) is 1. The molecule has 0 bridgehead atoms. The van der Waals surface area contributed by atoms with Gasteiger partial charge in [0, 0.05) is 13.0 Å². The fraction of sp³-hybridized carbons (Fsp3) is 0.333. The van der Waals surface area contributed by atoms with E-state index in [-0.39, 0.29) is 40.8 Å². The van der Waals surface area contributed by atoms with Gasteiger partial charge in [0.1, 0.15) is 42.7 Å². The van der Waals surface area contributed by atoms with Crippen LogP contribution in [0.25, 0.3) is 11.2 Å². The number of imidazole rings is 1. The van der Waals surface area contributed by atoms with Gasteiger partial charge in [-0.05, 0) is 17.7 Å². The van der Waals surface area contributed by atoms with Gasteiger partial charge in [-0.2, -0.15) is 0 Å². The van der Waals surface area contributed by atoms with Crippen LogP contribution in [-0.2, 0) is 35.2 Å². The number of aromatic nitrogens is 4. The van der Waals surface area contributed by atoms with E-state index in [9.17, 15) is 29.7 Å². The number of ether oxygens (including phenoxy) is 5. The summed E-state index contributed by atoms with van der Waals surface area (Å²) in [5.41, 5.74) is 4.10. The number of anilines is 1. The van der Waals surface area contributed by atoms with Crippen LogP contribution >= 0.6 is 0 Å². The van der Waals surface area contributed by atoms with Crippen molar-refractivity contribution in [3.8, 4) is 11.5 Å². The van der Waals surface area contributed by atoms with Crippen LogP contribution in [0, 0.1) is 0 Å². The zero-order valence-corrected chi connectivity index (χ0v) is 21.0. The Kier molecular flexibility index (Phi) is 6.74. The standard InChI is InChI=1S/C24H23N5O11/c1-10(30)38-12-4-3-11(5-13(12)36-2)7-37-22(33)18(32)24(23(34)35)6-14-17(40-24)16(31)21(39-14)29-9-28-15-19(25)26-8-27-20(15)29/h3-6,8-9,16-18,21,31-32H,7H2,1-2H3,(H,34,35)(H2,25,26,27)/t16-,17-,18+,21-,24+/m1/s1/i8+2. The molecule has 5 N–H and O–H groups in total. The van der Waals surface area contributed by atoms with Gasteiger partial charge in [0.15, 0.2) is 29.1 Å². The fourth-order valence-electron chi connectivity index (χ4n) is 4.39. The van der Waals surface area contributed by atoms with Crippen LogP contribution in [0.2, 0.25) is 0 Å². The molecule has 0 radical (unpaired) electrons. The summed E-state index contributed by atoms with van der Waals surface area (Å²) in [5.74, 6) is -3.29. The minimum Gasteiger partial charge on any atom is -0.493 e. The predicted octanol–water partition coefficient (Wildman–Crippen LogP) is -0.557. The molecule has 0 saturated carbocycles. The lowest BCUT2D eigenvalue weighted by Crippen LogP contribution is -2.54. The van der Waals surface area contributed by atoms with Crippen LogP contribution in [0.1, 0.15) is 18.7 Å². The molecule has 0 amide bonds. The van der Waals surface area contributed by atoms with Crippen LogP contribution in [0.5, 0.6) is 11.5 Å². The first-order valence-corrected chi connectivity index (χ1v) is 11.7.